The van der Waals surface area contributed by atoms with Crippen molar-refractivity contribution >= 4 is 18.3 Å². The summed E-state index contributed by atoms with van der Waals surface area (Å²) in [5.41, 5.74) is 5.75. The van der Waals surface area contributed by atoms with E-state index >= 15 is 0 Å². The van der Waals surface area contributed by atoms with Crippen LogP contribution in [0.3, 0.4) is 0 Å². The van der Waals surface area contributed by atoms with E-state index in [4.69, 9.17) is 5.73 Å². The molecule has 3 N–H and O–H groups in total. The maximum absolute atomic E-state index is 11.8. The van der Waals surface area contributed by atoms with Gasteiger partial charge in [-0.1, -0.05) is 52.9 Å². The van der Waals surface area contributed by atoms with Crippen LogP contribution >= 0.6 is 12.4 Å². The zero-order valence-corrected chi connectivity index (χ0v) is 13.7. The topological polar surface area (TPSA) is 55.1 Å². The minimum absolute atomic E-state index is 0. The largest absolute Gasteiger partial charge is 0.351 e. The highest BCUT2D eigenvalue weighted by Crippen LogP contribution is 2.32. The summed E-state index contributed by atoms with van der Waals surface area (Å²) in [5.74, 6) is 0.752. The molecule has 0 spiro atoms. The number of rotatable bonds is 4. The van der Waals surface area contributed by atoms with E-state index in [1.165, 1.54) is 32.1 Å². The molecule has 1 unspecified atom stereocenters. The van der Waals surface area contributed by atoms with Crippen molar-refractivity contribution in [2.75, 3.05) is 0 Å². The SMILES string of the molecule is C[C@@H](N)C(=O)NC(CC1CCCCC1)C(C)(C)C.Cl. The van der Waals surface area contributed by atoms with Gasteiger partial charge in [-0.25, -0.2) is 0 Å². The van der Waals surface area contributed by atoms with E-state index in [0.29, 0.717) is 0 Å². The predicted molar refractivity (Wildman–Crippen MR) is 83.5 cm³/mol. The molecule has 0 aromatic heterocycles. The second kappa shape index (κ2) is 8.11. The lowest BCUT2D eigenvalue weighted by Gasteiger charge is -2.36. The Morgan fingerprint density at radius 2 is 1.79 bits per heavy atom. The van der Waals surface area contributed by atoms with Crippen LogP contribution in [0.15, 0.2) is 0 Å². The zero-order valence-electron chi connectivity index (χ0n) is 12.9. The van der Waals surface area contributed by atoms with Crippen molar-refractivity contribution in [3.8, 4) is 0 Å². The van der Waals surface area contributed by atoms with Crippen LogP contribution < -0.4 is 11.1 Å². The third kappa shape index (κ3) is 6.62. The minimum atomic E-state index is -0.416. The molecular formula is C15H31ClN2O. The molecule has 0 aromatic carbocycles. The van der Waals surface area contributed by atoms with Crippen LogP contribution in [0.1, 0.15) is 66.2 Å². The molecule has 4 heteroatoms. The lowest BCUT2D eigenvalue weighted by molar-refractivity contribution is -0.123. The standard InChI is InChI=1S/C15H30N2O.ClH/c1-11(16)14(18)17-13(15(2,3)4)10-12-8-6-5-7-9-12;/h11-13H,5-10,16H2,1-4H3,(H,17,18);1H/t11-,13?;/m1./s1. The molecule has 2 atom stereocenters. The van der Waals surface area contributed by atoms with E-state index in [2.05, 4.69) is 26.1 Å². The molecule has 0 radical (unpaired) electrons. The van der Waals surface area contributed by atoms with Crippen molar-refractivity contribution in [1.82, 2.24) is 5.32 Å². The van der Waals surface area contributed by atoms with E-state index in [1.807, 2.05) is 0 Å². The summed E-state index contributed by atoms with van der Waals surface area (Å²) in [6, 6.07) is -0.180. The fourth-order valence-electron chi connectivity index (χ4n) is 2.69. The summed E-state index contributed by atoms with van der Waals surface area (Å²) in [5, 5.41) is 3.14. The van der Waals surface area contributed by atoms with Crippen molar-refractivity contribution in [3.05, 3.63) is 0 Å². The van der Waals surface area contributed by atoms with Crippen molar-refractivity contribution in [3.63, 3.8) is 0 Å². The smallest absolute Gasteiger partial charge is 0.236 e. The molecule has 1 saturated carbocycles. The highest BCUT2D eigenvalue weighted by Gasteiger charge is 2.30. The molecule has 114 valence electrons. The van der Waals surface area contributed by atoms with Gasteiger partial charge in [-0.05, 0) is 24.7 Å². The first-order valence-corrected chi connectivity index (χ1v) is 7.36. The van der Waals surface area contributed by atoms with Gasteiger partial charge in [0, 0.05) is 6.04 Å². The average molecular weight is 291 g/mol. The maximum atomic E-state index is 11.8. The van der Waals surface area contributed by atoms with Gasteiger partial charge in [0.2, 0.25) is 5.91 Å². The van der Waals surface area contributed by atoms with Crippen LogP contribution in [-0.4, -0.2) is 18.0 Å². The third-order valence-corrected chi connectivity index (χ3v) is 4.07. The number of carbonyl (C=O) groups excluding carboxylic acids is 1. The molecule has 0 bridgehead atoms. The van der Waals surface area contributed by atoms with Crippen molar-refractivity contribution in [1.29, 1.82) is 0 Å². The summed E-state index contributed by atoms with van der Waals surface area (Å²) >= 11 is 0. The van der Waals surface area contributed by atoms with Crippen LogP contribution in [0.5, 0.6) is 0 Å². The molecule has 1 rings (SSSR count). The summed E-state index contributed by atoms with van der Waals surface area (Å²) in [6.45, 7) is 8.33. The number of nitrogens with two attached hydrogens (primary N) is 1. The Morgan fingerprint density at radius 3 is 2.21 bits per heavy atom. The van der Waals surface area contributed by atoms with Gasteiger partial charge in [0.15, 0.2) is 0 Å². The molecular weight excluding hydrogens is 260 g/mol. The number of halogens is 1. The van der Waals surface area contributed by atoms with Crippen LogP contribution in [0.2, 0.25) is 0 Å². The molecule has 1 amide bonds. The van der Waals surface area contributed by atoms with Crippen molar-refractivity contribution in [2.24, 2.45) is 17.1 Å². The van der Waals surface area contributed by atoms with E-state index in [0.717, 1.165) is 12.3 Å². The summed E-state index contributed by atoms with van der Waals surface area (Å²) in [6.07, 6.45) is 7.82. The van der Waals surface area contributed by atoms with Gasteiger partial charge in [0.1, 0.15) is 0 Å². The number of amides is 1. The zero-order chi connectivity index (χ0) is 13.8. The number of carbonyl (C=O) groups is 1. The molecule has 1 aliphatic rings. The van der Waals surface area contributed by atoms with Gasteiger partial charge < -0.3 is 11.1 Å². The fraction of sp³-hybridized carbons (Fsp3) is 0.933. The van der Waals surface area contributed by atoms with Crippen LogP contribution in [0, 0.1) is 11.3 Å². The normalized spacial score (nSPS) is 20.3. The summed E-state index contributed by atoms with van der Waals surface area (Å²) in [4.78, 5) is 11.8. The van der Waals surface area contributed by atoms with E-state index in [1.54, 1.807) is 6.92 Å². The Balaban J connectivity index is 0.00000324. The number of hydrogen-bond acceptors (Lipinski definition) is 2. The molecule has 0 heterocycles. The Morgan fingerprint density at radius 1 is 1.26 bits per heavy atom. The first-order valence-electron chi connectivity index (χ1n) is 7.36. The van der Waals surface area contributed by atoms with Gasteiger partial charge >= 0.3 is 0 Å². The maximum Gasteiger partial charge on any atom is 0.236 e. The molecule has 0 aliphatic heterocycles. The second-order valence-electron chi connectivity index (χ2n) is 6.96. The van der Waals surface area contributed by atoms with Gasteiger partial charge in [-0.2, -0.15) is 0 Å². The molecule has 0 aromatic rings. The van der Waals surface area contributed by atoms with Gasteiger partial charge in [0.25, 0.3) is 0 Å². The lowest BCUT2D eigenvalue weighted by atomic mass is 9.77. The Kier molecular flexibility index (Phi) is 7.99. The number of nitrogens with one attached hydrogen (secondary N) is 1. The molecule has 19 heavy (non-hydrogen) atoms. The predicted octanol–water partition coefficient (Wildman–Crippen LogP) is 3.26. The lowest BCUT2D eigenvalue weighted by Crippen LogP contribution is -2.49. The first-order chi connectivity index (χ1) is 8.30. The Labute approximate surface area is 124 Å². The van der Waals surface area contributed by atoms with E-state index < -0.39 is 6.04 Å². The average Bonchev–Trinajstić information content (AvgIpc) is 2.28. The van der Waals surface area contributed by atoms with Gasteiger partial charge in [0.05, 0.1) is 6.04 Å². The highest BCUT2D eigenvalue weighted by molar-refractivity contribution is 5.85. The monoisotopic (exact) mass is 290 g/mol. The Hall–Kier alpha value is -0.280. The van der Waals surface area contributed by atoms with Crippen LogP contribution in [0.25, 0.3) is 0 Å². The first kappa shape index (κ1) is 18.7. The van der Waals surface area contributed by atoms with Crippen molar-refractivity contribution in [2.45, 2.75) is 78.3 Å². The molecule has 0 saturated heterocycles. The van der Waals surface area contributed by atoms with Crippen molar-refractivity contribution < 1.29 is 4.79 Å². The second-order valence-corrected chi connectivity index (χ2v) is 6.96. The van der Waals surface area contributed by atoms with E-state index in [-0.39, 0.29) is 29.8 Å². The molecule has 1 aliphatic carbocycles. The summed E-state index contributed by atoms with van der Waals surface area (Å²) < 4.78 is 0. The Bertz CT molecular complexity index is 268. The third-order valence-electron chi connectivity index (χ3n) is 4.07. The minimum Gasteiger partial charge on any atom is -0.351 e. The van der Waals surface area contributed by atoms with E-state index in [9.17, 15) is 4.79 Å². The van der Waals surface area contributed by atoms with Crippen LogP contribution in [0.4, 0.5) is 0 Å². The number of hydrogen-bond donors (Lipinski definition) is 2. The van der Waals surface area contributed by atoms with Gasteiger partial charge in [-0.3, -0.25) is 4.79 Å². The molecule has 3 nitrogen and oxygen atoms in total. The fourth-order valence-corrected chi connectivity index (χ4v) is 2.69. The van der Waals surface area contributed by atoms with Gasteiger partial charge in [-0.15, -0.1) is 12.4 Å². The quantitative estimate of drug-likeness (QED) is 0.835. The highest BCUT2D eigenvalue weighted by atomic mass is 35.5. The molecule has 1 fully saturated rings. The summed E-state index contributed by atoms with van der Waals surface area (Å²) in [7, 11) is 0. The van der Waals surface area contributed by atoms with Crippen LogP contribution in [-0.2, 0) is 4.79 Å².